The molecule has 3 heterocycles. The summed E-state index contributed by atoms with van der Waals surface area (Å²) in [7, 11) is 0. The third kappa shape index (κ3) is 2.68. The van der Waals surface area contributed by atoms with Gasteiger partial charge in [-0.05, 0) is 16.8 Å². The molecule has 0 saturated heterocycles. The highest BCUT2D eigenvalue weighted by Crippen LogP contribution is 2.34. The minimum absolute atomic E-state index is 0.214. The van der Waals surface area contributed by atoms with Crippen LogP contribution in [0.15, 0.2) is 63.9 Å². The molecule has 0 radical (unpaired) electrons. The summed E-state index contributed by atoms with van der Waals surface area (Å²) in [5.74, 6) is 0.577. The number of nitrogens with zero attached hydrogens (tertiary/aromatic N) is 3. The Balaban J connectivity index is 1.53. The van der Waals surface area contributed by atoms with Gasteiger partial charge in [0.1, 0.15) is 17.1 Å². The van der Waals surface area contributed by atoms with Gasteiger partial charge in [-0.25, -0.2) is 5.10 Å². The molecule has 1 N–H and O–H groups in total. The van der Waals surface area contributed by atoms with Crippen LogP contribution in [0, 0.1) is 0 Å². The lowest BCUT2D eigenvalue weighted by atomic mass is 9.97. The second kappa shape index (κ2) is 6.45. The lowest BCUT2D eigenvalue weighted by Crippen LogP contribution is -2.36. The number of benzene rings is 2. The van der Waals surface area contributed by atoms with Gasteiger partial charge in [0.15, 0.2) is 0 Å². The van der Waals surface area contributed by atoms with Crippen LogP contribution >= 0.6 is 0 Å². The summed E-state index contributed by atoms with van der Waals surface area (Å²) in [5.41, 5.74) is 2.54. The van der Waals surface area contributed by atoms with Gasteiger partial charge in [0.25, 0.3) is 11.5 Å². The van der Waals surface area contributed by atoms with Gasteiger partial charge in [0, 0.05) is 30.2 Å². The van der Waals surface area contributed by atoms with E-state index in [0.717, 1.165) is 33.4 Å². The van der Waals surface area contributed by atoms with E-state index in [0.29, 0.717) is 19.5 Å². The van der Waals surface area contributed by atoms with Crippen molar-refractivity contribution in [3.8, 4) is 11.3 Å². The molecule has 0 aliphatic carbocycles. The lowest BCUT2D eigenvalue weighted by Gasteiger charge is -2.26. The molecule has 0 fully saturated rings. The smallest absolute Gasteiger partial charge is 0.274 e. The third-order valence-corrected chi connectivity index (χ3v) is 5.06. The van der Waals surface area contributed by atoms with Crippen LogP contribution < -0.4 is 5.56 Å². The largest absolute Gasteiger partial charge is 0.360 e. The zero-order chi connectivity index (χ0) is 19.1. The van der Waals surface area contributed by atoms with Crippen molar-refractivity contribution in [3.63, 3.8) is 0 Å². The van der Waals surface area contributed by atoms with Gasteiger partial charge in [-0.15, -0.1) is 0 Å². The summed E-state index contributed by atoms with van der Waals surface area (Å²) in [5, 5.41) is 12.7. The molecular formula is C21H16N4O3. The molecule has 7 nitrogen and oxygen atoms in total. The zero-order valence-electron chi connectivity index (χ0n) is 14.9. The Bertz CT molecular complexity index is 1230. The molecular weight excluding hydrogens is 356 g/mol. The predicted octanol–water partition coefficient (Wildman–Crippen LogP) is 2.78. The van der Waals surface area contributed by atoms with E-state index in [9.17, 15) is 9.59 Å². The zero-order valence-corrected chi connectivity index (χ0v) is 14.9. The van der Waals surface area contributed by atoms with Crippen molar-refractivity contribution in [3.05, 3.63) is 82.0 Å². The average molecular weight is 372 g/mol. The first kappa shape index (κ1) is 16.4. The summed E-state index contributed by atoms with van der Waals surface area (Å²) < 4.78 is 5.59. The summed E-state index contributed by atoms with van der Waals surface area (Å²) in [6.07, 6.45) is 0.586. The number of aromatic amines is 1. The van der Waals surface area contributed by atoms with E-state index in [1.54, 1.807) is 4.90 Å². The highest BCUT2D eigenvalue weighted by molar-refractivity contribution is 5.97. The van der Waals surface area contributed by atoms with Gasteiger partial charge in [-0.2, -0.15) is 5.10 Å². The summed E-state index contributed by atoms with van der Waals surface area (Å²) in [6.45, 7) is 0.897. The highest BCUT2D eigenvalue weighted by Gasteiger charge is 2.29. The second-order valence-electron chi connectivity index (χ2n) is 6.74. The number of hydrogen-bond donors (Lipinski definition) is 1. The SMILES string of the molecule is O=C(c1ccc(=O)[nH]n1)N1CCc2onc(-c3cccc4ccccc34)c2C1. The minimum Gasteiger partial charge on any atom is -0.360 e. The summed E-state index contributed by atoms with van der Waals surface area (Å²) in [4.78, 5) is 25.7. The topological polar surface area (TPSA) is 92.1 Å². The maximum atomic E-state index is 12.8. The van der Waals surface area contributed by atoms with Crippen molar-refractivity contribution in [2.24, 2.45) is 0 Å². The van der Waals surface area contributed by atoms with Crippen LogP contribution in [-0.2, 0) is 13.0 Å². The molecule has 138 valence electrons. The fourth-order valence-electron chi connectivity index (χ4n) is 3.65. The number of aromatic nitrogens is 3. The standard InChI is InChI=1S/C21H16N4O3/c26-19-9-8-17(22-23-19)21(27)25-11-10-18-16(12-25)20(24-28-18)15-7-3-5-13-4-1-2-6-14(13)15/h1-9H,10-12H2,(H,23,26). The number of carbonyl (C=O) groups excluding carboxylic acids is 1. The number of H-pyrrole nitrogens is 1. The molecule has 0 bridgehead atoms. The molecule has 7 heteroatoms. The molecule has 4 aromatic rings. The van der Waals surface area contributed by atoms with Crippen LogP contribution in [0.25, 0.3) is 22.0 Å². The molecule has 28 heavy (non-hydrogen) atoms. The van der Waals surface area contributed by atoms with E-state index in [2.05, 4.69) is 33.6 Å². The Hall–Kier alpha value is -3.74. The van der Waals surface area contributed by atoms with Crippen LogP contribution in [0.4, 0.5) is 0 Å². The first-order chi connectivity index (χ1) is 13.7. The molecule has 1 amide bonds. The van der Waals surface area contributed by atoms with Gasteiger partial charge in [0.2, 0.25) is 0 Å². The Morgan fingerprint density at radius 3 is 2.79 bits per heavy atom. The molecule has 1 aliphatic heterocycles. The van der Waals surface area contributed by atoms with E-state index in [-0.39, 0.29) is 17.2 Å². The molecule has 2 aromatic carbocycles. The second-order valence-corrected chi connectivity index (χ2v) is 6.74. The number of amides is 1. The van der Waals surface area contributed by atoms with Crippen molar-refractivity contribution >= 4 is 16.7 Å². The summed E-state index contributed by atoms with van der Waals surface area (Å²) in [6, 6.07) is 16.9. The highest BCUT2D eigenvalue weighted by atomic mass is 16.5. The van der Waals surface area contributed by atoms with Crippen LogP contribution in [-0.4, -0.2) is 32.7 Å². The van der Waals surface area contributed by atoms with Crippen molar-refractivity contribution < 1.29 is 9.32 Å². The van der Waals surface area contributed by atoms with Crippen molar-refractivity contribution in [2.75, 3.05) is 6.54 Å². The maximum Gasteiger partial charge on any atom is 0.274 e. The normalized spacial score (nSPS) is 13.5. The molecule has 0 atom stereocenters. The number of fused-ring (bicyclic) bond motifs is 2. The first-order valence-electron chi connectivity index (χ1n) is 9.01. The fourth-order valence-corrected chi connectivity index (χ4v) is 3.65. The van der Waals surface area contributed by atoms with Crippen molar-refractivity contribution in [2.45, 2.75) is 13.0 Å². The predicted molar refractivity (Wildman–Crippen MR) is 103 cm³/mol. The molecule has 0 spiro atoms. The Morgan fingerprint density at radius 1 is 1.07 bits per heavy atom. The molecule has 5 rings (SSSR count). The van der Waals surface area contributed by atoms with E-state index < -0.39 is 0 Å². The molecule has 0 saturated carbocycles. The quantitative estimate of drug-likeness (QED) is 0.584. The van der Waals surface area contributed by atoms with Crippen molar-refractivity contribution in [1.29, 1.82) is 0 Å². The maximum absolute atomic E-state index is 12.8. The summed E-state index contributed by atoms with van der Waals surface area (Å²) >= 11 is 0. The Labute approximate surface area is 159 Å². The molecule has 1 aliphatic rings. The van der Waals surface area contributed by atoms with Gasteiger partial charge in [-0.3, -0.25) is 9.59 Å². The Morgan fingerprint density at radius 2 is 1.93 bits per heavy atom. The van der Waals surface area contributed by atoms with E-state index >= 15 is 0 Å². The number of nitrogens with one attached hydrogen (secondary N) is 1. The molecule has 2 aromatic heterocycles. The number of hydrogen-bond acceptors (Lipinski definition) is 5. The van der Waals surface area contributed by atoms with Gasteiger partial charge in [-0.1, -0.05) is 47.6 Å². The van der Waals surface area contributed by atoms with Gasteiger partial charge in [0.05, 0.1) is 6.54 Å². The van der Waals surface area contributed by atoms with Gasteiger partial charge < -0.3 is 9.42 Å². The van der Waals surface area contributed by atoms with Crippen LogP contribution in [0.5, 0.6) is 0 Å². The third-order valence-electron chi connectivity index (χ3n) is 5.06. The number of rotatable bonds is 2. The van der Waals surface area contributed by atoms with E-state index in [4.69, 9.17) is 4.52 Å². The van der Waals surface area contributed by atoms with E-state index in [1.165, 1.54) is 12.1 Å². The van der Waals surface area contributed by atoms with Crippen molar-refractivity contribution in [1.82, 2.24) is 20.3 Å². The van der Waals surface area contributed by atoms with Crippen LogP contribution in [0.2, 0.25) is 0 Å². The van der Waals surface area contributed by atoms with Crippen LogP contribution in [0.1, 0.15) is 21.8 Å². The fraction of sp³-hybridized carbons (Fsp3) is 0.143. The average Bonchev–Trinajstić information content (AvgIpc) is 3.16. The molecule has 0 unspecified atom stereocenters. The number of carbonyl (C=O) groups is 1. The monoisotopic (exact) mass is 372 g/mol. The first-order valence-corrected chi connectivity index (χ1v) is 9.01. The van der Waals surface area contributed by atoms with Gasteiger partial charge >= 0.3 is 0 Å². The lowest BCUT2D eigenvalue weighted by molar-refractivity contribution is 0.0722. The minimum atomic E-state index is -0.338. The van der Waals surface area contributed by atoms with E-state index in [1.807, 2.05) is 24.3 Å². The van der Waals surface area contributed by atoms with Crippen LogP contribution in [0.3, 0.4) is 0 Å². The Kier molecular flexibility index (Phi) is 3.79.